The van der Waals surface area contributed by atoms with Gasteiger partial charge in [-0.15, -0.1) is 0 Å². The molecule has 0 rings (SSSR count). The fourth-order valence-electron chi connectivity index (χ4n) is 0.806. The van der Waals surface area contributed by atoms with Crippen molar-refractivity contribution in [3.63, 3.8) is 0 Å². The third kappa shape index (κ3) is 2.09. The number of nitrogens with zero attached hydrogens (tertiary/aromatic N) is 1. The van der Waals surface area contributed by atoms with E-state index in [0.29, 0.717) is 11.6 Å². The second-order valence-corrected chi connectivity index (χ2v) is 2.39. The molecule has 0 saturated heterocycles. The van der Waals surface area contributed by atoms with E-state index in [2.05, 4.69) is 4.99 Å². The van der Waals surface area contributed by atoms with Crippen LogP contribution in [-0.2, 0) is 0 Å². The van der Waals surface area contributed by atoms with Gasteiger partial charge in [0.05, 0.1) is 11.4 Å². The summed E-state index contributed by atoms with van der Waals surface area (Å²) >= 11 is 0. The third-order valence-electron chi connectivity index (χ3n) is 1.26. The quantitative estimate of drug-likeness (QED) is 0.549. The summed E-state index contributed by atoms with van der Waals surface area (Å²) < 4.78 is 0. The molecule has 3 heteroatoms. The summed E-state index contributed by atoms with van der Waals surface area (Å²) in [6, 6.07) is 0. The van der Waals surface area contributed by atoms with Crippen molar-refractivity contribution in [2.75, 3.05) is 7.05 Å². The topological polar surface area (TPSA) is 64.4 Å². The molecule has 0 aromatic rings. The van der Waals surface area contributed by atoms with E-state index in [1.807, 2.05) is 13.8 Å². The maximum absolute atomic E-state index is 5.53. The summed E-state index contributed by atoms with van der Waals surface area (Å²) in [6.45, 7) is 4.05. The van der Waals surface area contributed by atoms with Crippen molar-refractivity contribution in [3.05, 3.63) is 11.9 Å². The number of aliphatic imine (C=N–C) groups is 1. The van der Waals surface area contributed by atoms with Crippen LogP contribution in [0.1, 0.15) is 13.8 Å². The van der Waals surface area contributed by atoms with Gasteiger partial charge < -0.3 is 11.5 Å². The summed E-state index contributed by atoms with van der Waals surface area (Å²) in [5, 5.41) is 0. The Kier molecular flexibility index (Phi) is 3.54. The first-order valence-corrected chi connectivity index (χ1v) is 3.27. The Labute approximate surface area is 61.8 Å². The van der Waals surface area contributed by atoms with E-state index >= 15 is 0 Å². The first kappa shape index (κ1) is 9.01. The first-order chi connectivity index (χ1) is 4.63. The van der Waals surface area contributed by atoms with Gasteiger partial charge in [0.25, 0.3) is 0 Å². The van der Waals surface area contributed by atoms with Crippen LogP contribution in [0, 0.1) is 5.92 Å². The molecule has 0 fully saturated rings. The van der Waals surface area contributed by atoms with E-state index in [4.69, 9.17) is 11.5 Å². The van der Waals surface area contributed by atoms with Gasteiger partial charge in [0.15, 0.2) is 0 Å². The maximum Gasteiger partial charge on any atom is 0.0688 e. The average molecular weight is 141 g/mol. The molecule has 0 heterocycles. The molecule has 0 aromatic carbocycles. The minimum atomic E-state index is 0.338. The van der Waals surface area contributed by atoms with Crippen LogP contribution in [0.25, 0.3) is 0 Å². The lowest BCUT2D eigenvalue weighted by Gasteiger charge is -2.07. The van der Waals surface area contributed by atoms with Gasteiger partial charge in [-0.1, -0.05) is 13.8 Å². The van der Waals surface area contributed by atoms with Gasteiger partial charge >= 0.3 is 0 Å². The average Bonchev–Trinajstić information content (AvgIpc) is 1.88. The molecular formula is C7H15N3. The Balaban J connectivity index is 4.39. The van der Waals surface area contributed by atoms with E-state index in [9.17, 15) is 0 Å². The van der Waals surface area contributed by atoms with Crippen LogP contribution in [0.2, 0.25) is 0 Å². The van der Waals surface area contributed by atoms with Gasteiger partial charge in [-0.25, -0.2) is 0 Å². The van der Waals surface area contributed by atoms with E-state index in [1.54, 1.807) is 7.05 Å². The lowest BCUT2D eigenvalue weighted by Crippen LogP contribution is -2.18. The number of hydrogen-bond donors (Lipinski definition) is 2. The Morgan fingerprint density at radius 2 is 2.00 bits per heavy atom. The monoisotopic (exact) mass is 141 g/mol. The van der Waals surface area contributed by atoms with Crippen LogP contribution >= 0.6 is 0 Å². The third-order valence-corrected chi connectivity index (χ3v) is 1.26. The molecule has 3 nitrogen and oxygen atoms in total. The Morgan fingerprint density at radius 1 is 1.50 bits per heavy atom. The smallest absolute Gasteiger partial charge is 0.0688 e. The van der Waals surface area contributed by atoms with Crippen molar-refractivity contribution >= 4 is 5.71 Å². The highest BCUT2D eigenvalue weighted by Gasteiger charge is 2.05. The van der Waals surface area contributed by atoms with Crippen LogP contribution in [0.5, 0.6) is 0 Å². The fraction of sp³-hybridized carbons (Fsp3) is 0.571. The summed E-state index contributed by atoms with van der Waals surface area (Å²) in [5.74, 6) is 0.338. The van der Waals surface area contributed by atoms with Gasteiger partial charge in [-0.05, 0) is 5.92 Å². The van der Waals surface area contributed by atoms with E-state index in [1.165, 1.54) is 6.20 Å². The van der Waals surface area contributed by atoms with Crippen molar-refractivity contribution in [1.29, 1.82) is 0 Å². The Bertz CT molecular complexity index is 156. The lowest BCUT2D eigenvalue weighted by molar-refractivity contribution is 0.876. The van der Waals surface area contributed by atoms with Crippen molar-refractivity contribution in [3.8, 4) is 0 Å². The highest BCUT2D eigenvalue weighted by atomic mass is 14.8. The summed E-state index contributed by atoms with van der Waals surface area (Å²) in [5.41, 5.74) is 12.2. The SMILES string of the molecule is CN=C(/C(N)=C\N)C(C)C. The molecule has 0 atom stereocenters. The summed E-state index contributed by atoms with van der Waals surface area (Å²) in [6.07, 6.45) is 1.38. The molecule has 0 amide bonds. The molecule has 0 aliphatic carbocycles. The molecule has 0 saturated carbocycles. The molecule has 0 aromatic heterocycles. The number of rotatable bonds is 2. The molecule has 0 bridgehead atoms. The summed E-state index contributed by atoms with van der Waals surface area (Å²) in [7, 11) is 1.71. The van der Waals surface area contributed by atoms with Crippen LogP contribution in [0.15, 0.2) is 16.9 Å². The largest absolute Gasteiger partial charge is 0.403 e. The van der Waals surface area contributed by atoms with Gasteiger partial charge in [0.2, 0.25) is 0 Å². The molecule has 58 valence electrons. The van der Waals surface area contributed by atoms with Gasteiger partial charge in [-0.2, -0.15) is 0 Å². The predicted molar refractivity (Wildman–Crippen MR) is 44.7 cm³/mol. The molecule has 0 aliphatic heterocycles. The second kappa shape index (κ2) is 3.93. The number of nitrogens with two attached hydrogens (primary N) is 2. The molecule has 0 unspecified atom stereocenters. The van der Waals surface area contributed by atoms with Crippen molar-refractivity contribution < 1.29 is 0 Å². The molecule has 0 radical (unpaired) electrons. The fourth-order valence-corrected chi connectivity index (χ4v) is 0.806. The minimum absolute atomic E-state index is 0.338. The predicted octanol–water partition coefficient (Wildman–Crippen LogP) is 0.472. The maximum atomic E-state index is 5.53. The standard InChI is InChI=1S/C7H15N3/c1-5(2)7(10-3)6(9)4-8/h4-5H,8-9H2,1-3H3/b6-4+,10-7?. The zero-order valence-corrected chi connectivity index (χ0v) is 6.76. The van der Waals surface area contributed by atoms with Crippen LogP contribution in [0.4, 0.5) is 0 Å². The normalized spacial score (nSPS) is 14.4. The van der Waals surface area contributed by atoms with Crippen molar-refractivity contribution in [2.45, 2.75) is 13.8 Å². The zero-order chi connectivity index (χ0) is 8.15. The van der Waals surface area contributed by atoms with E-state index in [-0.39, 0.29) is 0 Å². The van der Waals surface area contributed by atoms with E-state index in [0.717, 1.165) is 5.71 Å². The van der Waals surface area contributed by atoms with Crippen molar-refractivity contribution in [1.82, 2.24) is 0 Å². The molecule has 10 heavy (non-hydrogen) atoms. The Morgan fingerprint density at radius 3 is 2.10 bits per heavy atom. The van der Waals surface area contributed by atoms with E-state index < -0.39 is 0 Å². The highest BCUT2D eigenvalue weighted by Crippen LogP contribution is 2.01. The second-order valence-electron chi connectivity index (χ2n) is 2.39. The minimum Gasteiger partial charge on any atom is -0.403 e. The number of allylic oxidation sites excluding steroid dienone is 1. The number of hydrogen-bond acceptors (Lipinski definition) is 3. The van der Waals surface area contributed by atoms with Gasteiger partial charge in [0.1, 0.15) is 0 Å². The van der Waals surface area contributed by atoms with Crippen LogP contribution < -0.4 is 11.5 Å². The zero-order valence-electron chi connectivity index (χ0n) is 6.76. The lowest BCUT2D eigenvalue weighted by atomic mass is 10.1. The van der Waals surface area contributed by atoms with Crippen LogP contribution in [0.3, 0.4) is 0 Å². The molecule has 4 N–H and O–H groups in total. The summed E-state index contributed by atoms with van der Waals surface area (Å²) in [4.78, 5) is 4.00. The first-order valence-electron chi connectivity index (χ1n) is 3.27. The van der Waals surface area contributed by atoms with Crippen molar-refractivity contribution in [2.24, 2.45) is 22.4 Å². The highest BCUT2D eigenvalue weighted by molar-refractivity contribution is 6.00. The van der Waals surface area contributed by atoms with Gasteiger partial charge in [0, 0.05) is 13.2 Å². The molecule has 0 aliphatic rings. The van der Waals surface area contributed by atoms with Crippen LogP contribution in [-0.4, -0.2) is 12.8 Å². The molecule has 0 spiro atoms. The molecular weight excluding hydrogens is 126 g/mol. The van der Waals surface area contributed by atoms with Gasteiger partial charge in [-0.3, -0.25) is 4.99 Å². The Hall–Kier alpha value is -0.990.